The Morgan fingerprint density at radius 1 is 1.63 bits per heavy atom. The Hall–Kier alpha value is -1.43. The van der Waals surface area contributed by atoms with Crippen LogP contribution in [0.25, 0.3) is 0 Å². The van der Waals surface area contributed by atoms with Crippen LogP contribution in [0.1, 0.15) is 34.1 Å². The van der Waals surface area contributed by atoms with Gasteiger partial charge in [-0.15, -0.1) is 0 Å². The molecule has 0 radical (unpaired) electrons. The average molecular weight is 271 g/mol. The van der Waals surface area contributed by atoms with Crippen molar-refractivity contribution in [1.29, 1.82) is 0 Å². The van der Waals surface area contributed by atoms with Crippen LogP contribution in [0.5, 0.6) is 0 Å². The third-order valence-corrected chi connectivity index (χ3v) is 3.14. The maximum Gasteiger partial charge on any atom is 0.336 e. The molecule has 0 aromatic rings. The highest BCUT2D eigenvalue weighted by atomic mass is 16.5. The summed E-state index contributed by atoms with van der Waals surface area (Å²) in [5, 5.41) is 10.5. The second-order valence-corrected chi connectivity index (χ2v) is 5.88. The number of urea groups is 1. The first kappa shape index (κ1) is 15.6. The van der Waals surface area contributed by atoms with Gasteiger partial charge in [0.15, 0.2) is 6.73 Å². The molecule has 110 valence electrons. The number of allylic oxidation sites excluding steroid dienone is 1. The van der Waals surface area contributed by atoms with Crippen molar-refractivity contribution in [3.8, 4) is 0 Å². The Labute approximate surface area is 115 Å². The lowest BCUT2D eigenvalue weighted by Gasteiger charge is -2.26. The first-order valence-corrected chi connectivity index (χ1v) is 6.51. The Balaban J connectivity index is 2.53. The van der Waals surface area contributed by atoms with Crippen molar-refractivity contribution in [2.45, 2.75) is 40.2 Å². The van der Waals surface area contributed by atoms with E-state index >= 15 is 0 Å². The van der Waals surface area contributed by atoms with Gasteiger partial charge in [-0.05, 0) is 13.3 Å². The highest BCUT2D eigenvalue weighted by molar-refractivity contribution is 5.73. The summed E-state index contributed by atoms with van der Waals surface area (Å²) in [5.41, 5.74) is 2.68. The molecule has 0 aliphatic carbocycles. The minimum atomic E-state index is -0.212. The number of nitrogens with one attached hydrogen (secondary N) is 1. The Morgan fingerprint density at radius 3 is 2.74 bits per heavy atom. The summed E-state index contributed by atoms with van der Waals surface area (Å²) in [4.78, 5) is 13.5. The molecule has 1 aliphatic rings. The predicted octanol–water partition coefficient (Wildman–Crippen LogP) is 1.49. The van der Waals surface area contributed by atoms with E-state index in [1.54, 1.807) is 17.0 Å². The number of aliphatic hydroxyl groups is 1. The SMILES string of the molecule is CC(CCO)N(C)C(=O)NN1C=C(C(C)(C)C)OC1. The van der Waals surface area contributed by atoms with E-state index in [0.29, 0.717) is 13.2 Å². The van der Waals surface area contributed by atoms with E-state index in [4.69, 9.17) is 9.84 Å². The van der Waals surface area contributed by atoms with Crippen LogP contribution in [0, 0.1) is 5.41 Å². The quantitative estimate of drug-likeness (QED) is 0.813. The first-order chi connectivity index (χ1) is 8.75. The lowest BCUT2D eigenvalue weighted by atomic mass is 9.95. The zero-order valence-corrected chi connectivity index (χ0v) is 12.4. The first-order valence-electron chi connectivity index (χ1n) is 6.51. The number of hydrogen-bond acceptors (Lipinski definition) is 4. The van der Waals surface area contributed by atoms with Gasteiger partial charge < -0.3 is 14.7 Å². The Morgan fingerprint density at radius 2 is 2.26 bits per heavy atom. The molecular formula is C13H25N3O3. The molecule has 0 spiro atoms. The zero-order chi connectivity index (χ0) is 14.6. The molecule has 0 saturated heterocycles. The fraction of sp³-hybridized carbons (Fsp3) is 0.769. The number of hydrogen-bond donors (Lipinski definition) is 2. The molecule has 1 aliphatic heterocycles. The number of nitrogens with zero attached hydrogens (tertiary/aromatic N) is 2. The fourth-order valence-corrected chi connectivity index (χ4v) is 1.61. The van der Waals surface area contributed by atoms with Gasteiger partial charge in [-0.2, -0.15) is 0 Å². The van der Waals surface area contributed by atoms with E-state index in [0.717, 1.165) is 5.76 Å². The largest absolute Gasteiger partial charge is 0.474 e. The molecule has 1 heterocycles. The molecule has 2 N–H and O–H groups in total. The van der Waals surface area contributed by atoms with Crippen molar-refractivity contribution < 1.29 is 14.6 Å². The standard InChI is InChI=1S/C13H25N3O3/c1-10(6-7-17)15(5)12(18)14-16-8-11(19-9-16)13(2,3)4/h8,10,17H,6-7,9H2,1-5H3,(H,14,18). The van der Waals surface area contributed by atoms with E-state index < -0.39 is 0 Å². The minimum Gasteiger partial charge on any atom is -0.474 e. The monoisotopic (exact) mass is 271 g/mol. The fourth-order valence-electron chi connectivity index (χ4n) is 1.61. The number of ether oxygens (including phenoxy) is 1. The molecule has 0 bridgehead atoms. The molecule has 6 heteroatoms. The molecule has 0 saturated carbocycles. The molecule has 1 atom stereocenters. The van der Waals surface area contributed by atoms with Crippen molar-refractivity contribution in [2.75, 3.05) is 20.4 Å². The summed E-state index contributed by atoms with van der Waals surface area (Å²) in [6.07, 6.45) is 2.37. The van der Waals surface area contributed by atoms with Crippen LogP contribution in [0.4, 0.5) is 4.79 Å². The molecule has 0 fully saturated rings. The molecular weight excluding hydrogens is 246 g/mol. The lowest BCUT2D eigenvalue weighted by Crippen LogP contribution is -2.48. The van der Waals surface area contributed by atoms with Crippen LogP contribution in [0.2, 0.25) is 0 Å². The van der Waals surface area contributed by atoms with Crippen molar-refractivity contribution >= 4 is 6.03 Å². The van der Waals surface area contributed by atoms with E-state index in [1.807, 2.05) is 13.1 Å². The summed E-state index contributed by atoms with van der Waals surface area (Å²) in [6.45, 7) is 8.45. The number of rotatable bonds is 4. The van der Waals surface area contributed by atoms with Gasteiger partial charge in [-0.1, -0.05) is 20.8 Å². The molecule has 1 unspecified atom stereocenters. The van der Waals surface area contributed by atoms with Crippen molar-refractivity contribution in [1.82, 2.24) is 15.3 Å². The summed E-state index contributed by atoms with van der Waals surface area (Å²) < 4.78 is 5.53. The summed E-state index contributed by atoms with van der Waals surface area (Å²) >= 11 is 0. The van der Waals surface area contributed by atoms with Crippen LogP contribution in [-0.4, -0.2) is 47.5 Å². The highest BCUT2D eigenvalue weighted by Crippen LogP contribution is 2.29. The van der Waals surface area contributed by atoms with Gasteiger partial charge in [-0.3, -0.25) is 5.01 Å². The summed E-state index contributed by atoms with van der Waals surface area (Å²) in [7, 11) is 1.71. The molecule has 1 rings (SSSR count). The van der Waals surface area contributed by atoms with E-state index in [9.17, 15) is 4.79 Å². The van der Waals surface area contributed by atoms with Gasteiger partial charge in [0, 0.05) is 25.1 Å². The van der Waals surface area contributed by atoms with Crippen molar-refractivity contribution in [3.05, 3.63) is 12.0 Å². The third-order valence-electron chi connectivity index (χ3n) is 3.14. The zero-order valence-electron chi connectivity index (χ0n) is 12.4. The topological polar surface area (TPSA) is 65.0 Å². The van der Waals surface area contributed by atoms with Gasteiger partial charge in [0.2, 0.25) is 0 Å². The third kappa shape index (κ3) is 4.31. The maximum absolute atomic E-state index is 12.0. The van der Waals surface area contributed by atoms with Gasteiger partial charge in [0.25, 0.3) is 0 Å². The van der Waals surface area contributed by atoms with Crippen LogP contribution in [0.3, 0.4) is 0 Å². The van der Waals surface area contributed by atoms with Crippen LogP contribution in [-0.2, 0) is 4.74 Å². The Kier molecular flexibility index (Phi) is 5.05. The van der Waals surface area contributed by atoms with E-state index in [1.165, 1.54) is 0 Å². The number of amides is 2. The minimum absolute atomic E-state index is 0.0143. The smallest absolute Gasteiger partial charge is 0.336 e. The van der Waals surface area contributed by atoms with Crippen molar-refractivity contribution in [3.63, 3.8) is 0 Å². The maximum atomic E-state index is 12.0. The molecule has 0 aromatic carbocycles. The number of hydrazine groups is 1. The van der Waals surface area contributed by atoms with Gasteiger partial charge in [0.05, 0.1) is 6.20 Å². The van der Waals surface area contributed by atoms with Gasteiger partial charge >= 0.3 is 6.03 Å². The van der Waals surface area contributed by atoms with Gasteiger partial charge in [0.1, 0.15) is 5.76 Å². The second-order valence-electron chi connectivity index (χ2n) is 5.88. The van der Waals surface area contributed by atoms with E-state index in [2.05, 4.69) is 26.2 Å². The van der Waals surface area contributed by atoms with Crippen LogP contribution < -0.4 is 5.43 Å². The van der Waals surface area contributed by atoms with E-state index in [-0.39, 0.29) is 24.1 Å². The molecule has 2 amide bonds. The lowest BCUT2D eigenvalue weighted by molar-refractivity contribution is 0.0911. The predicted molar refractivity (Wildman–Crippen MR) is 72.8 cm³/mol. The molecule has 6 nitrogen and oxygen atoms in total. The molecule has 0 aromatic heterocycles. The summed E-state index contributed by atoms with van der Waals surface area (Å²) in [6, 6.07) is -0.226. The second kappa shape index (κ2) is 6.14. The number of carbonyl (C=O) groups excluding carboxylic acids is 1. The normalized spacial score (nSPS) is 16.7. The van der Waals surface area contributed by atoms with Gasteiger partial charge in [-0.25, -0.2) is 10.2 Å². The number of carbonyl (C=O) groups is 1. The highest BCUT2D eigenvalue weighted by Gasteiger charge is 2.26. The van der Waals surface area contributed by atoms with Crippen molar-refractivity contribution in [2.24, 2.45) is 5.41 Å². The average Bonchev–Trinajstić information content (AvgIpc) is 2.76. The van der Waals surface area contributed by atoms with Crippen LogP contribution >= 0.6 is 0 Å². The number of aliphatic hydroxyl groups excluding tert-OH is 1. The van der Waals surface area contributed by atoms with Crippen LogP contribution in [0.15, 0.2) is 12.0 Å². The molecule has 19 heavy (non-hydrogen) atoms. The Bertz CT molecular complexity index is 350. The summed E-state index contributed by atoms with van der Waals surface area (Å²) in [5.74, 6) is 0.846.